The van der Waals surface area contributed by atoms with Crippen LogP contribution in [0.25, 0.3) is 0 Å². The molecule has 4 nitrogen and oxygen atoms in total. The third-order valence-electron chi connectivity index (χ3n) is 2.62. The summed E-state index contributed by atoms with van der Waals surface area (Å²) in [6.07, 6.45) is 0.520. The van der Waals surface area contributed by atoms with Crippen molar-refractivity contribution in [2.24, 2.45) is 5.73 Å². The van der Waals surface area contributed by atoms with E-state index in [2.05, 4.69) is 0 Å². The van der Waals surface area contributed by atoms with Gasteiger partial charge in [-0.1, -0.05) is 6.92 Å². The molecule has 17 heavy (non-hydrogen) atoms. The third-order valence-corrected chi connectivity index (χ3v) is 4.95. The first-order valence-corrected chi connectivity index (χ1v) is 7.27. The monoisotopic (exact) mass is 257 g/mol. The summed E-state index contributed by atoms with van der Waals surface area (Å²) in [4.78, 5) is 0.304. The van der Waals surface area contributed by atoms with Crippen molar-refractivity contribution in [3.05, 3.63) is 24.3 Å². The van der Waals surface area contributed by atoms with Crippen molar-refractivity contribution < 1.29 is 13.2 Å². The lowest BCUT2D eigenvalue weighted by Crippen LogP contribution is -2.29. The zero-order valence-electron chi connectivity index (χ0n) is 10.2. The first-order valence-electron chi connectivity index (χ1n) is 5.73. The third kappa shape index (κ3) is 3.20. The van der Waals surface area contributed by atoms with Gasteiger partial charge in [0.15, 0.2) is 9.84 Å². The largest absolute Gasteiger partial charge is 0.494 e. The number of benzene rings is 1. The summed E-state index contributed by atoms with van der Waals surface area (Å²) in [6.45, 7) is 4.41. The SMILES string of the molecule is CCOc1ccc(S(=O)(=O)C(CC)CN)cc1. The van der Waals surface area contributed by atoms with Gasteiger partial charge in [-0.25, -0.2) is 8.42 Å². The van der Waals surface area contributed by atoms with Crippen LogP contribution in [0.1, 0.15) is 20.3 Å². The molecule has 0 aliphatic carbocycles. The van der Waals surface area contributed by atoms with E-state index in [0.717, 1.165) is 0 Å². The lowest BCUT2D eigenvalue weighted by atomic mass is 10.3. The van der Waals surface area contributed by atoms with Crippen molar-refractivity contribution in [2.45, 2.75) is 30.4 Å². The maximum atomic E-state index is 12.1. The van der Waals surface area contributed by atoms with Crippen molar-refractivity contribution in [3.63, 3.8) is 0 Å². The van der Waals surface area contributed by atoms with E-state index in [1.54, 1.807) is 24.3 Å². The van der Waals surface area contributed by atoms with Crippen molar-refractivity contribution in [1.82, 2.24) is 0 Å². The van der Waals surface area contributed by atoms with Gasteiger partial charge in [0.2, 0.25) is 0 Å². The second-order valence-corrected chi connectivity index (χ2v) is 5.94. The van der Waals surface area contributed by atoms with E-state index in [4.69, 9.17) is 10.5 Å². The summed E-state index contributed by atoms with van der Waals surface area (Å²) in [5, 5.41) is -0.513. The predicted octanol–water partition coefficient (Wildman–Crippen LogP) is 1.60. The van der Waals surface area contributed by atoms with Crippen LogP contribution >= 0.6 is 0 Å². The Labute approximate surface area is 103 Å². The first kappa shape index (κ1) is 14.0. The van der Waals surface area contributed by atoms with Crippen LogP contribution in [0.5, 0.6) is 5.75 Å². The lowest BCUT2D eigenvalue weighted by Gasteiger charge is -2.14. The summed E-state index contributed by atoms with van der Waals surface area (Å²) in [5.74, 6) is 0.673. The maximum absolute atomic E-state index is 12.1. The number of ether oxygens (including phenoxy) is 1. The van der Waals surface area contributed by atoms with Gasteiger partial charge in [-0.15, -0.1) is 0 Å². The Bertz CT molecular complexity index is 435. The van der Waals surface area contributed by atoms with Gasteiger partial charge in [-0.3, -0.25) is 0 Å². The Balaban J connectivity index is 2.99. The van der Waals surface area contributed by atoms with Crippen LogP contribution in [0.15, 0.2) is 29.2 Å². The van der Waals surface area contributed by atoms with Crippen LogP contribution in [0.4, 0.5) is 0 Å². The van der Waals surface area contributed by atoms with E-state index in [-0.39, 0.29) is 6.54 Å². The molecule has 5 heteroatoms. The average Bonchev–Trinajstić information content (AvgIpc) is 2.31. The molecular formula is C12H19NO3S. The highest BCUT2D eigenvalue weighted by Crippen LogP contribution is 2.20. The highest BCUT2D eigenvalue weighted by molar-refractivity contribution is 7.92. The minimum atomic E-state index is -3.31. The van der Waals surface area contributed by atoms with Crippen LogP contribution in [0.3, 0.4) is 0 Å². The van der Waals surface area contributed by atoms with Gasteiger partial charge in [-0.2, -0.15) is 0 Å². The summed E-state index contributed by atoms with van der Waals surface area (Å²) in [5.41, 5.74) is 5.48. The maximum Gasteiger partial charge on any atom is 0.182 e. The van der Waals surface area contributed by atoms with Crippen molar-refractivity contribution in [2.75, 3.05) is 13.2 Å². The molecule has 1 atom stereocenters. The quantitative estimate of drug-likeness (QED) is 0.840. The van der Waals surface area contributed by atoms with Crippen molar-refractivity contribution in [3.8, 4) is 5.75 Å². The number of hydrogen-bond donors (Lipinski definition) is 1. The minimum Gasteiger partial charge on any atom is -0.494 e. The Morgan fingerprint density at radius 2 is 1.82 bits per heavy atom. The van der Waals surface area contributed by atoms with Crippen molar-refractivity contribution >= 4 is 9.84 Å². The van der Waals surface area contributed by atoms with Crippen molar-refractivity contribution in [1.29, 1.82) is 0 Å². The standard InChI is InChI=1S/C12H19NO3S/c1-3-11(9-13)17(14,15)12-7-5-10(6-8-12)16-4-2/h5-8,11H,3-4,9,13H2,1-2H3. The first-order chi connectivity index (χ1) is 8.06. The number of sulfone groups is 1. The molecule has 0 aromatic heterocycles. The van der Waals surface area contributed by atoms with Gasteiger partial charge in [-0.05, 0) is 37.6 Å². The molecule has 0 heterocycles. The van der Waals surface area contributed by atoms with Crippen LogP contribution in [-0.2, 0) is 9.84 Å². The highest BCUT2D eigenvalue weighted by atomic mass is 32.2. The summed E-state index contributed by atoms with van der Waals surface area (Å²) in [6, 6.07) is 6.47. The molecule has 1 aromatic rings. The second-order valence-electron chi connectivity index (χ2n) is 3.72. The lowest BCUT2D eigenvalue weighted by molar-refractivity contribution is 0.340. The van der Waals surface area contributed by atoms with Crippen LogP contribution < -0.4 is 10.5 Å². The number of hydrogen-bond acceptors (Lipinski definition) is 4. The Kier molecular flexibility index (Phi) is 4.96. The topological polar surface area (TPSA) is 69.4 Å². The minimum absolute atomic E-state index is 0.145. The Morgan fingerprint density at radius 3 is 2.24 bits per heavy atom. The molecule has 1 rings (SSSR count). The molecule has 0 saturated carbocycles. The molecule has 1 unspecified atom stereocenters. The summed E-state index contributed by atoms with van der Waals surface area (Å²) >= 11 is 0. The van der Waals surface area contributed by atoms with Crippen LogP contribution in [-0.4, -0.2) is 26.8 Å². The van der Waals surface area contributed by atoms with Crippen LogP contribution in [0.2, 0.25) is 0 Å². The zero-order valence-corrected chi connectivity index (χ0v) is 11.0. The smallest absolute Gasteiger partial charge is 0.182 e. The number of nitrogens with two attached hydrogens (primary N) is 1. The fourth-order valence-corrected chi connectivity index (χ4v) is 3.19. The summed E-state index contributed by atoms with van der Waals surface area (Å²) < 4.78 is 29.6. The molecule has 96 valence electrons. The molecule has 0 aliphatic heterocycles. The molecule has 0 amide bonds. The Hall–Kier alpha value is -1.07. The fraction of sp³-hybridized carbons (Fsp3) is 0.500. The van der Waals surface area contributed by atoms with Gasteiger partial charge in [0.05, 0.1) is 16.8 Å². The summed E-state index contributed by atoms with van der Waals surface area (Å²) in [7, 11) is -3.31. The van der Waals surface area contributed by atoms with E-state index in [0.29, 0.717) is 23.7 Å². The molecule has 0 spiro atoms. The van der Waals surface area contributed by atoms with Gasteiger partial charge in [0.25, 0.3) is 0 Å². The average molecular weight is 257 g/mol. The second kappa shape index (κ2) is 6.02. The Morgan fingerprint density at radius 1 is 1.24 bits per heavy atom. The number of rotatable bonds is 6. The van der Waals surface area contributed by atoms with E-state index in [1.807, 2.05) is 13.8 Å². The van der Waals surface area contributed by atoms with E-state index >= 15 is 0 Å². The van der Waals surface area contributed by atoms with E-state index in [1.165, 1.54) is 0 Å². The molecule has 0 bridgehead atoms. The van der Waals surface area contributed by atoms with E-state index < -0.39 is 15.1 Å². The normalized spacial score (nSPS) is 13.4. The van der Waals surface area contributed by atoms with Gasteiger partial charge >= 0.3 is 0 Å². The van der Waals surface area contributed by atoms with Gasteiger partial charge in [0, 0.05) is 6.54 Å². The van der Waals surface area contributed by atoms with Gasteiger partial charge in [0.1, 0.15) is 5.75 Å². The predicted molar refractivity (Wildman–Crippen MR) is 67.9 cm³/mol. The molecule has 0 saturated heterocycles. The van der Waals surface area contributed by atoms with Crippen LogP contribution in [0, 0.1) is 0 Å². The molecule has 2 N–H and O–H groups in total. The highest BCUT2D eigenvalue weighted by Gasteiger charge is 2.24. The zero-order chi connectivity index (χ0) is 12.9. The molecule has 0 fully saturated rings. The molecule has 0 radical (unpaired) electrons. The molecular weight excluding hydrogens is 238 g/mol. The van der Waals surface area contributed by atoms with Gasteiger partial charge < -0.3 is 10.5 Å². The molecule has 1 aromatic carbocycles. The van der Waals surface area contributed by atoms with E-state index in [9.17, 15) is 8.42 Å². The molecule has 0 aliphatic rings. The fourth-order valence-electron chi connectivity index (χ4n) is 1.60.